The highest BCUT2D eigenvalue weighted by Crippen LogP contribution is 2.18. The molecule has 0 aliphatic carbocycles. The van der Waals surface area contributed by atoms with Crippen LogP contribution in [0.3, 0.4) is 0 Å². The summed E-state index contributed by atoms with van der Waals surface area (Å²) in [7, 11) is 0. The lowest BCUT2D eigenvalue weighted by atomic mass is 10.3. The summed E-state index contributed by atoms with van der Waals surface area (Å²) in [6.45, 7) is 1.40. The second kappa shape index (κ2) is 5.63. The van der Waals surface area contributed by atoms with E-state index in [1.54, 1.807) is 12.3 Å². The molecule has 0 bridgehead atoms. The monoisotopic (exact) mass is 292 g/mol. The van der Waals surface area contributed by atoms with Gasteiger partial charge in [-0.25, -0.2) is 9.37 Å². The first-order valence-electron chi connectivity index (χ1n) is 6.46. The average Bonchev–Trinajstić information content (AvgIpc) is 3.04. The first kappa shape index (κ1) is 13.1. The molecule has 20 heavy (non-hydrogen) atoms. The molecule has 0 radical (unpaired) electrons. The molecule has 2 aromatic heterocycles. The van der Waals surface area contributed by atoms with Crippen molar-refractivity contribution in [2.75, 3.05) is 5.88 Å². The molecule has 0 unspecified atom stereocenters. The molecule has 0 atom stereocenters. The van der Waals surface area contributed by atoms with Gasteiger partial charge < -0.3 is 4.57 Å². The van der Waals surface area contributed by atoms with Crippen LogP contribution in [0.5, 0.6) is 0 Å². The standard InChI is InChI=1S/C14H14ClFN4/c15-5-4-14-18-12-3-2-11(16)10-13(12)20(14)9-8-19-7-1-6-17-19/h1-3,6-7,10H,4-5,8-9H2. The van der Waals surface area contributed by atoms with E-state index in [2.05, 4.69) is 10.1 Å². The third kappa shape index (κ3) is 2.54. The molecular formula is C14H14ClFN4. The first-order chi connectivity index (χ1) is 9.78. The lowest BCUT2D eigenvalue weighted by Gasteiger charge is -2.08. The number of nitrogens with zero attached hydrogens (tertiary/aromatic N) is 4. The summed E-state index contributed by atoms with van der Waals surface area (Å²) >= 11 is 5.82. The molecule has 104 valence electrons. The maximum Gasteiger partial charge on any atom is 0.125 e. The molecule has 0 saturated heterocycles. The van der Waals surface area contributed by atoms with Gasteiger partial charge >= 0.3 is 0 Å². The van der Waals surface area contributed by atoms with Gasteiger partial charge in [-0.2, -0.15) is 5.10 Å². The Morgan fingerprint density at radius 3 is 2.90 bits per heavy atom. The quantitative estimate of drug-likeness (QED) is 0.678. The maximum atomic E-state index is 13.4. The Balaban J connectivity index is 1.96. The van der Waals surface area contributed by atoms with Crippen molar-refractivity contribution in [1.82, 2.24) is 19.3 Å². The van der Waals surface area contributed by atoms with Crippen molar-refractivity contribution in [2.45, 2.75) is 19.5 Å². The highest BCUT2D eigenvalue weighted by molar-refractivity contribution is 6.17. The fourth-order valence-electron chi connectivity index (χ4n) is 2.31. The van der Waals surface area contributed by atoms with E-state index in [-0.39, 0.29) is 5.82 Å². The molecule has 3 aromatic rings. The van der Waals surface area contributed by atoms with E-state index in [4.69, 9.17) is 11.6 Å². The summed E-state index contributed by atoms with van der Waals surface area (Å²) < 4.78 is 17.3. The highest BCUT2D eigenvalue weighted by Gasteiger charge is 2.11. The number of hydrogen-bond donors (Lipinski definition) is 0. The number of benzene rings is 1. The molecule has 0 spiro atoms. The van der Waals surface area contributed by atoms with Gasteiger partial charge in [0.1, 0.15) is 11.6 Å². The lowest BCUT2D eigenvalue weighted by Crippen LogP contribution is -2.11. The molecule has 0 aliphatic rings. The Morgan fingerprint density at radius 1 is 1.25 bits per heavy atom. The van der Waals surface area contributed by atoms with Crippen molar-refractivity contribution < 1.29 is 4.39 Å². The average molecular weight is 293 g/mol. The molecule has 0 saturated carbocycles. The van der Waals surface area contributed by atoms with E-state index < -0.39 is 0 Å². The number of hydrogen-bond acceptors (Lipinski definition) is 2. The van der Waals surface area contributed by atoms with Gasteiger partial charge in [-0.05, 0) is 24.3 Å². The van der Waals surface area contributed by atoms with Crippen molar-refractivity contribution in [3.63, 3.8) is 0 Å². The lowest BCUT2D eigenvalue weighted by molar-refractivity contribution is 0.529. The normalized spacial score (nSPS) is 11.3. The molecule has 6 heteroatoms. The van der Waals surface area contributed by atoms with E-state index in [9.17, 15) is 4.39 Å². The summed E-state index contributed by atoms with van der Waals surface area (Å²) in [5.74, 6) is 1.12. The number of halogens is 2. The van der Waals surface area contributed by atoms with E-state index in [0.717, 1.165) is 16.9 Å². The summed E-state index contributed by atoms with van der Waals surface area (Å²) in [6, 6.07) is 6.53. The molecule has 0 aliphatic heterocycles. The molecule has 1 aromatic carbocycles. The second-order valence-electron chi connectivity index (χ2n) is 4.52. The Labute approximate surface area is 120 Å². The van der Waals surface area contributed by atoms with Crippen LogP contribution in [0, 0.1) is 5.82 Å². The van der Waals surface area contributed by atoms with E-state index in [1.807, 2.05) is 21.5 Å². The van der Waals surface area contributed by atoms with E-state index in [1.165, 1.54) is 12.1 Å². The largest absolute Gasteiger partial charge is 0.326 e. The van der Waals surface area contributed by atoms with Crippen molar-refractivity contribution in [2.24, 2.45) is 0 Å². The predicted molar refractivity (Wildman–Crippen MR) is 76.3 cm³/mol. The van der Waals surface area contributed by atoms with Crippen molar-refractivity contribution in [1.29, 1.82) is 0 Å². The van der Waals surface area contributed by atoms with Crippen molar-refractivity contribution in [3.8, 4) is 0 Å². The third-order valence-electron chi connectivity index (χ3n) is 3.22. The van der Waals surface area contributed by atoms with Gasteiger partial charge in [0.15, 0.2) is 0 Å². The topological polar surface area (TPSA) is 35.6 Å². The van der Waals surface area contributed by atoms with Crippen LogP contribution in [0.4, 0.5) is 4.39 Å². The molecule has 4 nitrogen and oxygen atoms in total. The second-order valence-corrected chi connectivity index (χ2v) is 4.90. The summed E-state index contributed by atoms with van der Waals surface area (Å²) in [6.07, 6.45) is 4.31. The Bertz CT molecular complexity index is 705. The van der Waals surface area contributed by atoms with E-state index >= 15 is 0 Å². The van der Waals surface area contributed by atoms with Crippen LogP contribution in [-0.4, -0.2) is 25.2 Å². The van der Waals surface area contributed by atoms with Crippen LogP contribution in [0.1, 0.15) is 5.82 Å². The minimum atomic E-state index is -0.254. The Kier molecular flexibility index (Phi) is 3.69. The van der Waals surface area contributed by atoms with Gasteiger partial charge in [-0.15, -0.1) is 11.6 Å². The van der Waals surface area contributed by atoms with Gasteiger partial charge in [0.25, 0.3) is 0 Å². The van der Waals surface area contributed by atoms with Crippen LogP contribution in [0.25, 0.3) is 11.0 Å². The summed E-state index contributed by atoms with van der Waals surface area (Å²) in [5, 5.41) is 4.17. The molecule has 3 rings (SSSR count). The number of alkyl halides is 1. The van der Waals surface area contributed by atoms with Gasteiger partial charge in [-0.1, -0.05) is 0 Å². The molecular weight excluding hydrogens is 279 g/mol. The highest BCUT2D eigenvalue weighted by atomic mass is 35.5. The van der Waals surface area contributed by atoms with Crippen molar-refractivity contribution >= 4 is 22.6 Å². The maximum absolute atomic E-state index is 13.4. The zero-order chi connectivity index (χ0) is 13.9. The minimum absolute atomic E-state index is 0.254. The predicted octanol–water partition coefficient (Wildman–Crippen LogP) is 2.85. The zero-order valence-corrected chi connectivity index (χ0v) is 11.6. The van der Waals surface area contributed by atoms with Gasteiger partial charge in [0.05, 0.1) is 17.6 Å². The van der Waals surface area contributed by atoms with Crippen LogP contribution in [0.15, 0.2) is 36.7 Å². The zero-order valence-electron chi connectivity index (χ0n) is 10.8. The van der Waals surface area contributed by atoms with E-state index in [0.29, 0.717) is 25.4 Å². The number of rotatable bonds is 5. The smallest absolute Gasteiger partial charge is 0.125 e. The first-order valence-corrected chi connectivity index (χ1v) is 6.99. The fourth-order valence-corrected chi connectivity index (χ4v) is 2.47. The molecule has 0 fully saturated rings. The van der Waals surface area contributed by atoms with Gasteiger partial charge in [-0.3, -0.25) is 4.68 Å². The number of aromatic nitrogens is 4. The molecule has 0 amide bonds. The Hall–Kier alpha value is -1.88. The number of fused-ring (bicyclic) bond motifs is 1. The minimum Gasteiger partial charge on any atom is -0.326 e. The fraction of sp³-hybridized carbons (Fsp3) is 0.286. The molecule has 0 N–H and O–H groups in total. The molecule has 2 heterocycles. The summed E-state index contributed by atoms with van der Waals surface area (Å²) in [4.78, 5) is 4.53. The third-order valence-corrected chi connectivity index (χ3v) is 3.41. The SMILES string of the molecule is Fc1ccc2nc(CCCl)n(CCn3cccn3)c2c1. The number of aryl methyl sites for hydroxylation is 3. The Morgan fingerprint density at radius 2 is 2.15 bits per heavy atom. The number of imidazole rings is 1. The van der Waals surface area contributed by atoms with Crippen LogP contribution >= 0.6 is 11.6 Å². The van der Waals surface area contributed by atoms with Crippen LogP contribution < -0.4 is 0 Å². The van der Waals surface area contributed by atoms with Crippen LogP contribution in [0.2, 0.25) is 0 Å². The van der Waals surface area contributed by atoms with Gasteiger partial charge in [0.2, 0.25) is 0 Å². The van der Waals surface area contributed by atoms with Crippen molar-refractivity contribution in [3.05, 3.63) is 48.3 Å². The van der Waals surface area contributed by atoms with Crippen LogP contribution in [-0.2, 0) is 19.5 Å². The summed E-state index contributed by atoms with van der Waals surface area (Å²) in [5.41, 5.74) is 1.60. The van der Waals surface area contributed by atoms with Gasteiger partial charge in [0, 0.05) is 31.2 Å².